The van der Waals surface area contributed by atoms with Crippen molar-refractivity contribution in [3.8, 4) is 0 Å². The third-order valence-corrected chi connectivity index (χ3v) is 5.48. The molecular formula is C16H25FO2. The van der Waals surface area contributed by atoms with E-state index in [2.05, 4.69) is 0 Å². The monoisotopic (exact) mass is 268 g/mol. The van der Waals surface area contributed by atoms with Gasteiger partial charge in [0.1, 0.15) is 0 Å². The summed E-state index contributed by atoms with van der Waals surface area (Å²) in [5.41, 5.74) is -0.130. The average molecular weight is 268 g/mol. The fourth-order valence-electron chi connectivity index (χ4n) is 5.05. The number of halogens is 1. The highest BCUT2D eigenvalue weighted by Gasteiger charge is 2.55. The van der Waals surface area contributed by atoms with Crippen LogP contribution in [0.5, 0.6) is 0 Å². The number of carbonyl (C=O) groups excluding carboxylic acids is 1. The van der Waals surface area contributed by atoms with Gasteiger partial charge < -0.3 is 4.74 Å². The zero-order valence-corrected chi connectivity index (χ0v) is 11.7. The van der Waals surface area contributed by atoms with Crippen molar-refractivity contribution < 1.29 is 13.9 Å². The molecule has 0 aromatic heterocycles. The number of rotatable bonds is 6. The van der Waals surface area contributed by atoms with Crippen molar-refractivity contribution in [2.75, 3.05) is 13.3 Å². The molecule has 0 unspecified atom stereocenters. The lowest BCUT2D eigenvalue weighted by Crippen LogP contribution is -2.50. The number of ether oxygens (including phenoxy) is 1. The molecule has 4 fully saturated rings. The Morgan fingerprint density at radius 2 is 1.58 bits per heavy atom. The predicted octanol–water partition coefficient (Wildman–Crippen LogP) is 3.89. The molecule has 4 aliphatic rings. The highest BCUT2D eigenvalue weighted by Crippen LogP contribution is 2.60. The van der Waals surface area contributed by atoms with Gasteiger partial charge in [-0.05, 0) is 75.5 Å². The Hall–Kier alpha value is -0.600. The van der Waals surface area contributed by atoms with Crippen LogP contribution in [-0.2, 0) is 9.53 Å². The summed E-state index contributed by atoms with van der Waals surface area (Å²) in [6.07, 6.45) is 9.49. The molecule has 2 nitrogen and oxygen atoms in total. The first kappa shape index (κ1) is 13.4. The minimum Gasteiger partial charge on any atom is -0.465 e. The molecule has 4 saturated carbocycles. The lowest BCUT2D eigenvalue weighted by atomic mass is 9.49. The first-order valence-corrected chi connectivity index (χ1v) is 7.95. The average Bonchev–Trinajstić information content (AvgIpc) is 2.36. The van der Waals surface area contributed by atoms with Gasteiger partial charge in [0, 0.05) is 0 Å². The Kier molecular flexibility index (Phi) is 3.81. The lowest BCUT2D eigenvalue weighted by molar-refractivity contribution is -0.171. The van der Waals surface area contributed by atoms with Crippen LogP contribution in [0.4, 0.5) is 4.39 Å². The molecule has 4 bridgehead atoms. The van der Waals surface area contributed by atoms with E-state index in [1.165, 1.54) is 19.3 Å². The van der Waals surface area contributed by atoms with Crippen molar-refractivity contribution >= 4 is 5.97 Å². The normalized spacial score (nSPS) is 39.5. The number of unbranched alkanes of at least 4 members (excludes halogenated alkanes) is 2. The molecule has 0 atom stereocenters. The molecule has 4 aliphatic carbocycles. The van der Waals surface area contributed by atoms with Crippen LogP contribution >= 0.6 is 0 Å². The summed E-state index contributed by atoms with van der Waals surface area (Å²) in [4.78, 5) is 12.4. The standard InChI is InChI=1S/C16H25FO2/c17-4-2-1-3-5-19-15(18)16-9-12-6-13(10-16)8-14(7-12)11-16/h12-14H,1-11H2. The Labute approximate surface area is 115 Å². The second kappa shape index (κ2) is 5.41. The largest absolute Gasteiger partial charge is 0.465 e. The SMILES string of the molecule is O=C(OCCCCCF)C12CC3CC(CC(C3)C1)C2. The summed E-state index contributed by atoms with van der Waals surface area (Å²) in [5, 5.41) is 0. The second-order valence-corrected chi connectivity index (χ2v) is 7.08. The maximum atomic E-state index is 12.4. The molecule has 0 N–H and O–H groups in total. The Bertz CT molecular complexity index is 304. The molecule has 0 aliphatic heterocycles. The highest BCUT2D eigenvalue weighted by atomic mass is 19.1. The van der Waals surface area contributed by atoms with Crippen molar-refractivity contribution in [1.82, 2.24) is 0 Å². The van der Waals surface area contributed by atoms with E-state index < -0.39 is 0 Å². The molecule has 4 rings (SSSR count). The summed E-state index contributed by atoms with van der Waals surface area (Å²) < 4.78 is 17.5. The molecule has 0 aromatic carbocycles. The molecule has 0 amide bonds. The Morgan fingerprint density at radius 1 is 1.00 bits per heavy atom. The van der Waals surface area contributed by atoms with Crippen LogP contribution in [0.3, 0.4) is 0 Å². The van der Waals surface area contributed by atoms with Crippen molar-refractivity contribution in [3.05, 3.63) is 0 Å². The summed E-state index contributed by atoms with van der Waals surface area (Å²) in [6.45, 7) is 0.226. The van der Waals surface area contributed by atoms with Gasteiger partial charge >= 0.3 is 5.97 Å². The van der Waals surface area contributed by atoms with Crippen LogP contribution in [0.15, 0.2) is 0 Å². The quantitative estimate of drug-likeness (QED) is 0.539. The molecule has 0 saturated heterocycles. The molecule has 0 spiro atoms. The minimum absolute atomic E-state index is 0.0619. The lowest BCUT2D eigenvalue weighted by Gasteiger charge is -2.55. The van der Waals surface area contributed by atoms with Crippen LogP contribution in [0.2, 0.25) is 0 Å². The van der Waals surface area contributed by atoms with Gasteiger partial charge in [-0.25, -0.2) is 0 Å². The number of esters is 1. The van der Waals surface area contributed by atoms with E-state index in [0.717, 1.165) is 49.9 Å². The van der Waals surface area contributed by atoms with Gasteiger partial charge in [0.05, 0.1) is 18.7 Å². The summed E-state index contributed by atoms with van der Waals surface area (Å²) in [7, 11) is 0. The summed E-state index contributed by atoms with van der Waals surface area (Å²) >= 11 is 0. The van der Waals surface area contributed by atoms with Gasteiger partial charge in [0.2, 0.25) is 0 Å². The van der Waals surface area contributed by atoms with Crippen LogP contribution in [0.1, 0.15) is 57.8 Å². The fourth-order valence-corrected chi connectivity index (χ4v) is 5.05. The van der Waals surface area contributed by atoms with E-state index >= 15 is 0 Å². The van der Waals surface area contributed by atoms with Gasteiger partial charge in [-0.2, -0.15) is 0 Å². The van der Waals surface area contributed by atoms with Gasteiger partial charge in [-0.3, -0.25) is 9.18 Å². The van der Waals surface area contributed by atoms with Crippen molar-refractivity contribution in [2.24, 2.45) is 23.2 Å². The summed E-state index contributed by atoms with van der Waals surface area (Å²) in [5.74, 6) is 2.41. The predicted molar refractivity (Wildman–Crippen MR) is 71.4 cm³/mol. The van der Waals surface area contributed by atoms with Crippen LogP contribution < -0.4 is 0 Å². The minimum atomic E-state index is -0.261. The molecule has 0 aromatic rings. The zero-order valence-electron chi connectivity index (χ0n) is 11.7. The van der Waals surface area contributed by atoms with E-state index in [1.54, 1.807) is 0 Å². The molecule has 0 radical (unpaired) electrons. The maximum Gasteiger partial charge on any atom is 0.312 e. The number of hydrogen-bond acceptors (Lipinski definition) is 2. The zero-order chi connectivity index (χ0) is 13.3. The third-order valence-electron chi connectivity index (χ3n) is 5.48. The van der Waals surface area contributed by atoms with Crippen molar-refractivity contribution in [3.63, 3.8) is 0 Å². The summed E-state index contributed by atoms with van der Waals surface area (Å²) in [6, 6.07) is 0. The van der Waals surface area contributed by atoms with Gasteiger partial charge in [0.15, 0.2) is 0 Å². The van der Waals surface area contributed by atoms with Crippen LogP contribution in [-0.4, -0.2) is 19.3 Å². The first-order chi connectivity index (χ1) is 9.22. The molecule has 19 heavy (non-hydrogen) atoms. The first-order valence-electron chi connectivity index (χ1n) is 7.95. The molecule has 0 heterocycles. The third kappa shape index (κ3) is 2.66. The molecule has 108 valence electrons. The Balaban J connectivity index is 1.52. The van der Waals surface area contributed by atoms with E-state index in [-0.39, 0.29) is 18.1 Å². The second-order valence-electron chi connectivity index (χ2n) is 7.08. The molecular weight excluding hydrogens is 243 g/mol. The van der Waals surface area contributed by atoms with Gasteiger partial charge in [0.25, 0.3) is 0 Å². The Morgan fingerprint density at radius 3 is 2.11 bits per heavy atom. The van der Waals surface area contributed by atoms with Gasteiger partial charge in [-0.15, -0.1) is 0 Å². The number of carbonyl (C=O) groups is 1. The maximum absolute atomic E-state index is 12.4. The smallest absolute Gasteiger partial charge is 0.312 e. The van der Waals surface area contributed by atoms with Crippen LogP contribution in [0, 0.1) is 23.2 Å². The highest BCUT2D eigenvalue weighted by molar-refractivity contribution is 5.77. The molecule has 3 heteroatoms. The van der Waals surface area contributed by atoms with Gasteiger partial charge in [-0.1, -0.05) is 0 Å². The van der Waals surface area contributed by atoms with E-state index in [1.807, 2.05) is 0 Å². The topological polar surface area (TPSA) is 26.3 Å². The number of alkyl halides is 1. The fraction of sp³-hybridized carbons (Fsp3) is 0.938. The van der Waals surface area contributed by atoms with Crippen molar-refractivity contribution in [2.45, 2.75) is 57.8 Å². The van der Waals surface area contributed by atoms with E-state index in [0.29, 0.717) is 13.0 Å². The number of hydrogen-bond donors (Lipinski definition) is 0. The van der Waals surface area contributed by atoms with Crippen LogP contribution in [0.25, 0.3) is 0 Å². The van der Waals surface area contributed by atoms with Crippen molar-refractivity contribution in [1.29, 1.82) is 0 Å². The van der Waals surface area contributed by atoms with E-state index in [4.69, 9.17) is 4.74 Å². The van der Waals surface area contributed by atoms with E-state index in [9.17, 15) is 9.18 Å².